The third kappa shape index (κ3) is 7.99. The fraction of sp³-hybridized carbons (Fsp3) is 0.643. The normalized spacial score (nSPS) is 29.4. The van der Waals surface area contributed by atoms with Crippen molar-refractivity contribution in [3.8, 4) is 11.6 Å². The van der Waals surface area contributed by atoms with E-state index in [-0.39, 0.29) is 55.2 Å². The van der Waals surface area contributed by atoms with Crippen LogP contribution in [0.15, 0.2) is 36.5 Å². The molecule has 3 aliphatic heterocycles. The zero-order valence-electron chi connectivity index (χ0n) is 35.3. The molecule has 1 saturated heterocycles. The average Bonchev–Trinajstić information content (AvgIpc) is 4.11. The van der Waals surface area contributed by atoms with E-state index >= 15 is 4.79 Å². The Morgan fingerprint density at radius 3 is 2.52 bits per heavy atom. The smallest absolute Gasteiger partial charge is 0.411 e. The number of nitrogens with one attached hydrogen (secondary N) is 2. The number of aromatic nitrogens is 1. The van der Waals surface area contributed by atoms with E-state index in [1.54, 1.807) is 31.2 Å². The molecule has 7 rings (SSSR count). The molecule has 3 N–H and O–H groups in total. The Morgan fingerprint density at radius 2 is 1.87 bits per heavy atom. The van der Waals surface area contributed by atoms with Crippen LogP contribution >= 0.6 is 0 Å². The van der Waals surface area contributed by atoms with Crippen LogP contribution in [0.1, 0.15) is 79.1 Å². The molecule has 0 radical (unpaired) electrons. The SMILES string of the molecule is CC[C@@H]1C[C@@H](C)CC/C=C\[C@@H]2C[C@@]2(C(=O)NS(=O)(=O)C2(CF)CC2)NC(=O)[C@@H]2C[C@@H](Oc3nccc4c5c(ccc34)N(C)CCO5)CN2C(=O)[C@H]1N(C(=O)O)C(C)(C)C(F)(F)F. The van der Waals surface area contributed by atoms with Gasteiger partial charge >= 0.3 is 12.3 Å². The second kappa shape index (κ2) is 16.3. The van der Waals surface area contributed by atoms with E-state index in [0.29, 0.717) is 56.4 Å². The largest absolute Gasteiger partial charge is 0.489 e. The Labute approximate surface area is 357 Å². The minimum Gasteiger partial charge on any atom is -0.489 e. The van der Waals surface area contributed by atoms with E-state index in [1.807, 2.05) is 29.7 Å². The molecule has 340 valence electrons. The minimum absolute atomic E-state index is 0.00402. The first kappa shape index (κ1) is 45.2. The zero-order chi connectivity index (χ0) is 45.2. The lowest BCUT2D eigenvalue weighted by Gasteiger charge is -2.46. The number of allylic oxidation sites excluding steroid dienone is 1. The highest BCUT2D eigenvalue weighted by Gasteiger charge is 2.64. The molecular weight excluding hydrogens is 841 g/mol. The topological polar surface area (TPSA) is 188 Å². The number of likely N-dealkylation sites (N-methyl/N-ethyl adjacent to an activating group) is 1. The number of alkyl halides is 4. The van der Waals surface area contributed by atoms with E-state index in [0.717, 1.165) is 10.6 Å². The summed E-state index contributed by atoms with van der Waals surface area (Å²) in [5, 5.41) is 14.5. The van der Waals surface area contributed by atoms with Gasteiger partial charge < -0.3 is 29.7 Å². The number of carbonyl (C=O) groups excluding carboxylic acids is 3. The Hall–Kier alpha value is -4.88. The number of amides is 4. The molecule has 3 fully saturated rings. The molecule has 0 spiro atoms. The Balaban J connectivity index is 1.30. The molecule has 20 heteroatoms. The van der Waals surface area contributed by atoms with E-state index < -0.39 is 99.1 Å². The molecular formula is C42H54F4N6O9S. The number of hydrogen-bond acceptors (Lipinski definition) is 10. The predicted octanol–water partition coefficient (Wildman–Crippen LogP) is 5.33. The Kier molecular flexibility index (Phi) is 11.9. The van der Waals surface area contributed by atoms with Crippen LogP contribution in [0.3, 0.4) is 0 Å². The van der Waals surface area contributed by atoms with Crippen LogP contribution in [0.4, 0.5) is 28.0 Å². The standard InChI is InChI=1S/C42H54F4N6O9S/c1-6-25-19-24(2)9-7-8-10-26-21-41(26,37(55)49-62(58,59)40(23-43)14-15-40)48-34(53)31-20-27(22-51(31)36(54)32(25)52(38(56)57)39(3,4)42(44,45)46)61-35-29-11-12-30-33(28(29)13-16-47-35)60-18-17-50(30)5/h8,10-13,16,24-27,31-32H,6-7,9,14-15,17-23H2,1-5H3,(H,48,53)(H,49,55)(H,56,57)/b10-8-/t24-,25+,26+,27+,31-,32-,41+/m0/s1. The summed E-state index contributed by atoms with van der Waals surface area (Å²) in [6.07, 6.45) is -2.31. The number of anilines is 1. The van der Waals surface area contributed by atoms with Gasteiger partial charge in [-0.05, 0) is 82.4 Å². The van der Waals surface area contributed by atoms with E-state index in [2.05, 4.69) is 10.3 Å². The van der Waals surface area contributed by atoms with Gasteiger partial charge in [0, 0.05) is 36.4 Å². The lowest BCUT2D eigenvalue weighted by atomic mass is 9.82. The summed E-state index contributed by atoms with van der Waals surface area (Å²) >= 11 is 0. The van der Waals surface area contributed by atoms with Crippen molar-refractivity contribution in [3.05, 3.63) is 36.5 Å². The number of hydrogen-bond donors (Lipinski definition) is 3. The molecule has 1 aromatic carbocycles. The van der Waals surface area contributed by atoms with Crippen LogP contribution in [0.5, 0.6) is 11.6 Å². The number of nitrogens with zero attached hydrogens (tertiary/aromatic N) is 4. The van der Waals surface area contributed by atoms with Gasteiger partial charge in [0.15, 0.2) is 5.75 Å². The molecule has 7 atom stereocenters. The Morgan fingerprint density at radius 1 is 1.15 bits per heavy atom. The maximum atomic E-state index is 15.2. The number of fused-ring (bicyclic) bond motifs is 5. The summed E-state index contributed by atoms with van der Waals surface area (Å²) in [5.74, 6) is -4.24. The predicted molar refractivity (Wildman–Crippen MR) is 219 cm³/mol. The first-order valence-electron chi connectivity index (χ1n) is 21.0. The number of rotatable bonds is 9. The van der Waals surface area contributed by atoms with Gasteiger partial charge in [0.2, 0.25) is 27.7 Å². The van der Waals surface area contributed by atoms with Gasteiger partial charge in [-0.3, -0.25) is 24.0 Å². The maximum absolute atomic E-state index is 15.2. The highest BCUT2D eigenvalue weighted by molar-refractivity contribution is 7.91. The van der Waals surface area contributed by atoms with Crippen LogP contribution < -0.4 is 24.4 Å². The lowest BCUT2D eigenvalue weighted by Crippen LogP contribution is -2.66. The van der Waals surface area contributed by atoms with Crippen LogP contribution in [0, 0.1) is 17.8 Å². The highest BCUT2D eigenvalue weighted by atomic mass is 32.2. The van der Waals surface area contributed by atoms with Crippen molar-refractivity contribution in [2.45, 2.75) is 119 Å². The molecule has 0 unspecified atom stereocenters. The van der Waals surface area contributed by atoms with Gasteiger partial charge in [-0.15, -0.1) is 0 Å². The summed E-state index contributed by atoms with van der Waals surface area (Å²) in [4.78, 5) is 64.7. The molecule has 2 aliphatic carbocycles. The fourth-order valence-electron chi connectivity index (χ4n) is 9.22. The fourth-order valence-corrected chi connectivity index (χ4v) is 10.6. The van der Waals surface area contributed by atoms with Crippen LogP contribution in [0.2, 0.25) is 0 Å². The van der Waals surface area contributed by atoms with Gasteiger partial charge in [0.25, 0.3) is 5.91 Å². The third-order valence-electron chi connectivity index (χ3n) is 13.6. The second-order valence-electron chi connectivity index (χ2n) is 18.1. The van der Waals surface area contributed by atoms with Crippen molar-refractivity contribution < 1.29 is 59.7 Å². The highest BCUT2D eigenvalue weighted by Crippen LogP contribution is 2.49. The first-order valence-corrected chi connectivity index (χ1v) is 22.5. The van der Waals surface area contributed by atoms with Crippen LogP contribution in [-0.2, 0) is 24.4 Å². The molecule has 62 heavy (non-hydrogen) atoms. The van der Waals surface area contributed by atoms with Crippen molar-refractivity contribution in [2.24, 2.45) is 17.8 Å². The maximum Gasteiger partial charge on any atom is 0.411 e. The molecule has 15 nitrogen and oxygen atoms in total. The zero-order valence-corrected chi connectivity index (χ0v) is 36.2. The molecule has 0 bridgehead atoms. The van der Waals surface area contributed by atoms with Gasteiger partial charge in [-0.2, -0.15) is 13.2 Å². The number of halogens is 4. The van der Waals surface area contributed by atoms with Gasteiger partial charge in [0.05, 0.1) is 18.8 Å². The third-order valence-corrected chi connectivity index (χ3v) is 15.7. The monoisotopic (exact) mass is 894 g/mol. The number of carbonyl (C=O) groups is 4. The van der Waals surface area contributed by atoms with E-state index in [4.69, 9.17) is 9.47 Å². The van der Waals surface area contributed by atoms with Crippen LogP contribution in [0.25, 0.3) is 10.8 Å². The summed E-state index contributed by atoms with van der Waals surface area (Å²) < 4.78 is 97.7. The van der Waals surface area contributed by atoms with Crippen molar-refractivity contribution in [1.29, 1.82) is 0 Å². The molecule has 5 aliphatic rings. The second-order valence-corrected chi connectivity index (χ2v) is 20.1. The van der Waals surface area contributed by atoms with Gasteiger partial charge in [-0.25, -0.2) is 22.6 Å². The van der Waals surface area contributed by atoms with Gasteiger partial charge in [-0.1, -0.05) is 32.4 Å². The van der Waals surface area contributed by atoms with Crippen molar-refractivity contribution >= 4 is 50.3 Å². The molecule has 4 amide bonds. The van der Waals surface area contributed by atoms with Crippen molar-refractivity contribution in [2.75, 3.05) is 38.3 Å². The number of sulfonamides is 1. The van der Waals surface area contributed by atoms with Crippen molar-refractivity contribution in [3.63, 3.8) is 0 Å². The number of pyridine rings is 1. The number of ether oxygens (including phenoxy) is 2. The van der Waals surface area contributed by atoms with Crippen molar-refractivity contribution in [1.82, 2.24) is 24.8 Å². The minimum atomic E-state index is -5.12. The summed E-state index contributed by atoms with van der Waals surface area (Å²) in [6.45, 7) is 4.37. The van der Waals surface area contributed by atoms with Crippen LogP contribution in [-0.4, -0.2) is 126 Å². The first-order chi connectivity index (χ1) is 29.1. The molecule has 2 aromatic rings. The quantitative estimate of drug-likeness (QED) is 0.218. The van der Waals surface area contributed by atoms with E-state index in [1.165, 1.54) is 6.20 Å². The number of carboxylic acid groups (broad SMARTS) is 1. The molecule has 2 saturated carbocycles. The molecule has 1 aromatic heterocycles. The van der Waals surface area contributed by atoms with Gasteiger partial charge in [0.1, 0.15) is 47.3 Å². The summed E-state index contributed by atoms with van der Waals surface area (Å²) in [6, 6.07) is 1.91. The Bertz CT molecular complexity index is 2260. The summed E-state index contributed by atoms with van der Waals surface area (Å²) in [5.41, 5.74) is -4.07. The summed E-state index contributed by atoms with van der Waals surface area (Å²) in [7, 11) is -2.59. The average molecular weight is 895 g/mol. The number of benzene rings is 1. The lowest BCUT2D eigenvalue weighted by molar-refractivity contribution is -0.222. The molecule has 4 heterocycles. The van der Waals surface area contributed by atoms with E-state index in [9.17, 15) is 45.5 Å².